The fourth-order valence-electron chi connectivity index (χ4n) is 1.64. The minimum atomic E-state index is 0.296. The standard InChI is InChI=1S/C8H16N2O2/c1-9-4-8(5-9)12-10-2-7(3-10)6-11/h7-8,11H,2-6H2,1H3. The molecule has 0 radical (unpaired) electrons. The predicted octanol–water partition coefficient (Wildman–Crippen LogP) is -0.844. The second-order valence-electron chi connectivity index (χ2n) is 3.84. The van der Waals surface area contributed by atoms with Gasteiger partial charge in [0.2, 0.25) is 0 Å². The lowest BCUT2D eigenvalue weighted by molar-refractivity contribution is -0.274. The van der Waals surface area contributed by atoms with E-state index in [9.17, 15) is 0 Å². The summed E-state index contributed by atoms with van der Waals surface area (Å²) in [6.07, 6.45) is 0.398. The third kappa shape index (κ3) is 1.61. The second-order valence-corrected chi connectivity index (χ2v) is 3.84. The van der Waals surface area contributed by atoms with Crippen LogP contribution in [0.1, 0.15) is 0 Å². The zero-order valence-corrected chi connectivity index (χ0v) is 7.44. The van der Waals surface area contributed by atoms with Crippen LogP contribution in [0.2, 0.25) is 0 Å². The van der Waals surface area contributed by atoms with Gasteiger partial charge in [0.05, 0.1) is 0 Å². The molecule has 0 unspecified atom stereocenters. The minimum Gasteiger partial charge on any atom is -0.396 e. The Morgan fingerprint density at radius 1 is 1.33 bits per heavy atom. The van der Waals surface area contributed by atoms with Crippen molar-refractivity contribution in [1.82, 2.24) is 9.96 Å². The number of hydrogen-bond acceptors (Lipinski definition) is 4. The summed E-state index contributed by atoms with van der Waals surface area (Å²) in [5, 5.41) is 10.7. The van der Waals surface area contributed by atoms with Crippen LogP contribution < -0.4 is 0 Å². The van der Waals surface area contributed by atoms with Crippen LogP contribution in [0.15, 0.2) is 0 Å². The third-order valence-electron chi connectivity index (χ3n) is 2.51. The molecule has 0 saturated carbocycles. The molecule has 4 heteroatoms. The highest BCUT2D eigenvalue weighted by atomic mass is 16.7. The molecule has 0 aromatic heterocycles. The number of rotatable bonds is 3. The van der Waals surface area contributed by atoms with Crippen molar-refractivity contribution < 1.29 is 9.94 Å². The molecule has 1 N–H and O–H groups in total. The van der Waals surface area contributed by atoms with E-state index >= 15 is 0 Å². The quantitative estimate of drug-likeness (QED) is 0.602. The summed E-state index contributed by atoms with van der Waals surface area (Å²) in [5.41, 5.74) is 0. The number of aliphatic hydroxyl groups is 1. The fraction of sp³-hybridized carbons (Fsp3) is 1.00. The van der Waals surface area contributed by atoms with Gasteiger partial charge in [0.15, 0.2) is 0 Å². The van der Waals surface area contributed by atoms with Gasteiger partial charge in [0.1, 0.15) is 6.10 Å². The molecule has 0 spiro atoms. The zero-order valence-electron chi connectivity index (χ0n) is 7.44. The van der Waals surface area contributed by atoms with Crippen molar-refractivity contribution in [2.24, 2.45) is 5.92 Å². The highest BCUT2D eigenvalue weighted by Gasteiger charge is 2.32. The van der Waals surface area contributed by atoms with Crippen molar-refractivity contribution >= 4 is 0 Å². The number of nitrogens with zero attached hydrogens (tertiary/aromatic N) is 2. The fourth-order valence-corrected chi connectivity index (χ4v) is 1.64. The van der Waals surface area contributed by atoms with Gasteiger partial charge >= 0.3 is 0 Å². The molecular formula is C8H16N2O2. The van der Waals surface area contributed by atoms with Gasteiger partial charge in [-0.15, -0.1) is 0 Å². The van der Waals surface area contributed by atoms with Crippen LogP contribution >= 0.6 is 0 Å². The second kappa shape index (κ2) is 3.30. The van der Waals surface area contributed by atoms with E-state index < -0.39 is 0 Å². The van der Waals surface area contributed by atoms with Crippen LogP contribution in [-0.2, 0) is 4.84 Å². The molecule has 2 saturated heterocycles. The summed E-state index contributed by atoms with van der Waals surface area (Å²) in [5.74, 6) is 0.447. The van der Waals surface area contributed by atoms with Crippen LogP contribution in [0.4, 0.5) is 0 Å². The highest BCUT2D eigenvalue weighted by Crippen LogP contribution is 2.19. The first-order chi connectivity index (χ1) is 5.78. The SMILES string of the molecule is CN1CC(ON2CC(CO)C2)C1. The number of hydroxylamine groups is 2. The monoisotopic (exact) mass is 172 g/mol. The zero-order chi connectivity index (χ0) is 8.55. The third-order valence-corrected chi connectivity index (χ3v) is 2.51. The molecule has 12 heavy (non-hydrogen) atoms. The summed E-state index contributed by atoms with van der Waals surface area (Å²) in [6.45, 7) is 4.18. The Morgan fingerprint density at radius 2 is 2.00 bits per heavy atom. The van der Waals surface area contributed by atoms with Gasteiger partial charge in [-0.05, 0) is 7.05 Å². The average Bonchev–Trinajstić information content (AvgIpc) is 1.91. The summed E-state index contributed by atoms with van der Waals surface area (Å²) in [4.78, 5) is 7.84. The summed E-state index contributed by atoms with van der Waals surface area (Å²) in [6, 6.07) is 0. The maximum Gasteiger partial charge on any atom is 0.105 e. The topological polar surface area (TPSA) is 35.9 Å². The average molecular weight is 172 g/mol. The van der Waals surface area contributed by atoms with E-state index in [0.29, 0.717) is 18.6 Å². The Kier molecular flexibility index (Phi) is 2.32. The Balaban J connectivity index is 1.58. The number of aliphatic hydroxyl groups excluding tert-OH is 1. The molecule has 0 aromatic rings. The molecule has 0 amide bonds. The molecule has 2 aliphatic heterocycles. The molecule has 2 heterocycles. The first kappa shape index (κ1) is 8.44. The smallest absolute Gasteiger partial charge is 0.105 e. The Morgan fingerprint density at radius 3 is 2.50 bits per heavy atom. The number of hydrogen-bond donors (Lipinski definition) is 1. The van der Waals surface area contributed by atoms with Gasteiger partial charge in [0.25, 0.3) is 0 Å². The van der Waals surface area contributed by atoms with Crippen molar-refractivity contribution in [2.75, 3.05) is 39.8 Å². The molecule has 4 nitrogen and oxygen atoms in total. The van der Waals surface area contributed by atoms with Crippen LogP contribution in [0.5, 0.6) is 0 Å². The van der Waals surface area contributed by atoms with Crippen molar-refractivity contribution in [1.29, 1.82) is 0 Å². The summed E-state index contributed by atoms with van der Waals surface area (Å²) < 4.78 is 0. The number of likely N-dealkylation sites (N-methyl/N-ethyl adjacent to an activating group) is 1. The Bertz CT molecular complexity index is 153. The van der Waals surface area contributed by atoms with Gasteiger partial charge in [-0.2, -0.15) is 5.06 Å². The van der Waals surface area contributed by atoms with Gasteiger partial charge in [-0.25, -0.2) is 0 Å². The maximum atomic E-state index is 8.76. The van der Waals surface area contributed by atoms with Crippen molar-refractivity contribution in [3.63, 3.8) is 0 Å². The molecule has 0 aliphatic carbocycles. The molecule has 0 aromatic carbocycles. The van der Waals surface area contributed by atoms with Crippen molar-refractivity contribution in [3.05, 3.63) is 0 Å². The summed E-state index contributed by atoms with van der Waals surface area (Å²) >= 11 is 0. The van der Waals surface area contributed by atoms with E-state index in [0.717, 1.165) is 26.2 Å². The number of likely N-dealkylation sites (tertiary alicyclic amines) is 1. The molecular weight excluding hydrogens is 156 g/mol. The van der Waals surface area contributed by atoms with E-state index in [1.165, 1.54) is 0 Å². The van der Waals surface area contributed by atoms with E-state index in [-0.39, 0.29) is 0 Å². The molecule has 0 atom stereocenters. The first-order valence-corrected chi connectivity index (χ1v) is 4.49. The lowest BCUT2D eigenvalue weighted by atomic mass is 10.0. The van der Waals surface area contributed by atoms with Crippen LogP contribution in [0.25, 0.3) is 0 Å². The summed E-state index contributed by atoms with van der Waals surface area (Å²) in [7, 11) is 2.09. The molecule has 2 rings (SSSR count). The van der Waals surface area contributed by atoms with Crippen LogP contribution in [0, 0.1) is 5.92 Å². The van der Waals surface area contributed by atoms with E-state index in [1.807, 2.05) is 5.06 Å². The lowest BCUT2D eigenvalue weighted by Crippen LogP contribution is -2.57. The highest BCUT2D eigenvalue weighted by molar-refractivity contribution is 4.79. The first-order valence-electron chi connectivity index (χ1n) is 4.49. The largest absolute Gasteiger partial charge is 0.396 e. The van der Waals surface area contributed by atoms with Crippen molar-refractivity contribution in [3.8, 4) is 0 Å². The van der Waals surface area contributed by atoms with Crippen LogP contribution in [-0.4, -0.2) is 61.0 Å². The van der Waals surface area contributed by atoms with Crippen LogP contribution in [0.3, 0.4) is 0 Å². The molecule has 70 valence electrons. The molecule has 2 fully saturated rings. The predicted molar refractivity (Wildman–Crippen MR) is 44.5 cm³/mol. The van der Waals surface area contributed by atoms with Gasteiger partial charge in [0, 0.05) is 38.7 Å². The molecule has 0 bridgehead atoms. The van der Waals surface area contributed by atoms with E-state index in [1.54, 1.807) is 0 Å². The maximum absolute atomic E-state index is 8.76. The molecule has 2 aliphatic rings. The van der Waals surface area contributed by atoms with Gasteiger partial charge < -0.3 is 10.0 Å². The van der Waals surface area contributed by atoms with Gasteiger partial charge in [-0.3, -0.25) is 4.84 Å². The van der Waals surface area contributed by atoms with Gasteiger partial charge in [-0.1, -0.05) is 0 Å². The lowest BCUT2D eigenvalue weighted by Gasteiger charge is -2.44. The normalized spacial score (nSPS) is 28.5. The van der Waals surface area contributed by atoms with Crippen molar-refractivity contribution in [2.45, 2.75) is 6.10 Å². The Hall–Kier alpha value is -0.160. The van der Waals surface area contributed by atoms with E-state index in [4.69, 9.17) is 9.94 Å². The minimum absolute atomic E-state index is 0.296. The Labute approximate surface area is 72.7 Å². The van der Waals surface area contributed by atoms with E-state index in [2.05, 4.69) is 11.9 Å².